The summed E-state index contributed by atoms with van der Waals surface area (Å²) in [7, 11) is 1.36. The normalized spacial score (nSPS) is 22.0. The summed E-state index contributed by atoms with van der Waals surface area (Å²) >= 11 is 0. The molecule has 2 aromatic heterocycles. The van der Waals surface area contributed by atoms with Crippen molar-refractivity contribution in [2.24, 2.45) is 0 Å². The van der Waals surface area contributed by atoms with Crippen molar-refractivity contribution >= 4 is 11.5 Å². The molecule has 0 amide bonds. The van der Waals surface area contributed by atoms with E-state index in [9.17, 15) is 10.1 Å². The number of aromatic nitrogens is 1. The SMILES string of the molecule is COC(=O)[C@@H]1CN(Cc2cn3ccccc3c2C#N)C[C@@H](C)O1. The Bertz CT molecular complexity index is 762. The van der Waals surface area contributed by atoms with Crippen molar-refractivity contribution in [3.63, 3.8) is 0 Å². The van der Waals surface area contributed by atoms with E-state index >= 15 is 0 Å². The predicted molar refractivity (Wildman–Crippen MR) is 83.7 cm³/mol. The lowest BCUT2D eigenvalue weighted by atomic mass is 10.1. The maximum Gasteiger partial charge on any atom is 0.336 e. The molecule has 2 aromatic rings. The van der Waals surface area contributed by atoms with Gasteiger partial charge in [-0.25, -0.2) is 4.79 Å². The highest BCUT2D eigenvalue weighted by Crippen LogP contribution is 2.21. The summed E-state index contributed by atoms with van der Waals surface area (Å²) in [6.45, 7) is 3.72. The van der Waals surface area contributed by atoms with E-state index in [1.807, 2.05) is 41.9 Å². The van der Waals surface area contributed by atoms with Crippen LogP contribution >= 0.6 is 0 Å². The summed E-state index contributed by atoms with van der Waals surface area (Å²) in [5.41, 5.74) is 2.53. The number of fused-ring (bicyclic) bond motifs is 1. The number of methoxy groups -OCH3 is 1. The molecule has 23 heavy (non-hydrogen) atoms. The Morgan fingerprint density at radius 3 is 3.04 bits per heavy atom. The van der Waals surface area contributed by atoms with E-state index in [4.69, 9.17) is 9.47 Å². The summed E-state index contributed by atoms with van der Waals surface area (Å²) in [4.78, 5) is 13.9. The van der Waals surface area contributed by atoms with Crippen molar-refractivity contribution in [2.45, 2.75) is 25.7 Å². The summed E-state index contributed by atoms with van der Waals surface area (Å²) < 4.78 is 12.4. The zero-order valence-corrected chi connectivity index (χ0v) is 13.2. The van der Waals surface area contributed by atoms with Gasteiger partial charge in [0.2, 0.25) is 0 Å². The second kappa shape index (κ2) is 6.41. The van der Waals surface area contributed by atoms with Crippen molar-refractivity contribution in [2.75, 3.05) is 20.2 Å². The molecule has 1 saturated heterocycles. The lowest BCUT2D eigenvalue weighted by Crippen LogP contribution is -2.49. The molecule has 1 fully saturated rings. The van der Waals surface area contributed by atoms with E-state index in [-0.39, 0.29) is 12.1 Å². The zero-order chi connectivity index (χ0) is 16.4. The number of hydrogen-bond donors (Lipinski definition) is 0. The number of ether oxygens (including phenoxy) is 2. The number of pyridine rings is 1. The second-order valence-corrected chi connectivity index (χ2v) is 5.79. The first kappa shape index (κ1) is 15.5. The maximum absolute atomic E-state index is 11.7. The van der Waals surface area contributed by atoms with E-state index in [0.717, 1.165) is 11.1 Å². The number of hydrogen-bond acceptors (Lipinski definition) is 5. The van der Waals surface area contributed by atoms with Crippen molar-refractivity contribution in [3.8, 4) is 6.07 Å². The van der Waals surface area contributed by atoms with Crippen LogP contribution in [0.3, 0.4) is 0 Å². The third kappa shape index (κ3) is 3.07. The molecular weight excluding hydrogens is 294 g/mol. The van der Waals surface area contributed by atoms with Crippen molar-refractivity contribution in [1.29, 1.82) is 5.26 Å². The van der Waals surface area contributed by atoms with Crippen LogP contribution in [-0.2, 0) is 20.8 Å². The number of esters is 1. The van der Waals surface area contributed by atoms with Crippen molar-refractivity contribution in [3.05, 3.63) is 41.7 Å². The first-order valence-electron chi connectivity index (χ1n) is 7.56. The zero-order valence-electron chi connectivity index (χ0n) is 13.2. The number of carbonyl (C=O) groups is 1. The van der Waals surface area contributed by atoms with Crippen LogP contribution in [0.15, 0.2) is 30.6 Å². The average Bonchev–Trinajstić information content (AvgIpc) is 2.90. The van der Waals surface area contributed by atoms with Gasteiger partial charge in [0.05, 0.1) is 24.3 Å². The van der Waals surface area contributed by atoms with Crippen LogP contribution in [-0.4, -0.2) is 47.7 Å². The van der Waals surface area contributed by atoms with Gasteiger partial charge in [-0.3, -0.25) is 4.90 Å². The largest absolute Gasteiger partial charge is 0.467 e. The summed E-state index contributed by atoms with van der Waals surface area (Å²) in [5, 5.41) is 9.48. The van der Waals surface area contributed by atoms with Gasteiger partial charge < -0.3 is 13.9 Å². The molecule has 0 unspecified atom stereocenters. The minimum absolute atomic E-state index is 0.0598. The van der Waals surface area contributed by atoms with E-state index in [0.29, 0.717) is 25.2 Å². The molecule has 6 nitrogen and oxygen atoms in total. The molecule has 0 aromatic carbocycles. The fraction of sp³-hybridized carbons (Fsp3) is 0.412. The number of morpholine rings is 1. The molecule has 0 radical (unpaired) electrons. The van der Waals surface area contributed by atoms with Crippen LogP contribution in [0.1, 0.15) is 18.1 Å². The molecule has 0 bridgehead atoms. The Kier molecular flexibility index (Phi) is 4.33. The molecular formula is C17H19N3O3. The number of nitrogens with zero attached hydrogens (tertiary/aromatic N) is 3. The Labute approximate surface area is 134 Å². The topological polar surface area (TPSA) is 67.0 Å². The highest BCUT2D eigenvalue weighted by molar-refractivity contribution is 5.75. The fourth-order valence-electron chi connectivity index (χ4n) is 3.10. The molecule has 1 aliphatic heterocycles. The molecule has 3 heterocycles. The van der Waals surface area contributed by atoms with Gasteiger partial charge >= 0.3 is 5.97 Å². The second-order valence-electron chi connectivity index (χ2n) is 5.79. The average molecular weight is 313 g/mol. The van der Waals surface area contributed by atoms with Gasteiger partial charge in [0.25, 0.3) is 0 Å². The minimum Gasteiger partial charge on any atom is -0.467 e. The van der Waals surface area contributed by atoms with Crippen molar-refractivity contribution < 1.29 is 14.3 Å². The molecule has 120 valence electrons. The summed E-state index contributed by atoms with van der Waals surface area (Å²) in [5.74, 6) is -0.357. The highest BCUT2D eigenvalue weighted by atomic mass is 16.6. The third-order valence-electron chi connectivity index (χ3n) is 4.07. The van der Waals surface area contributed by atoms with Crippen LogP contribution in [0.25, 0.3) is 5.52 Å². The Hall–Kier alpha value is -2.36. The molecule has 2 atom stereocenters. The maximum atomic E-state index is 11.7. The third-order valence-corrected chi connectivity index (χ3v) is 4.07. The molecule has 0 aliphatic carbocycles. The Morgan fingerprint density at radius 1 is 1.48 bits per heavy atom. The first-order valence-corrected chi connectivity index (χ1v) is 7.56. The summed E-state index contributed by atoms with van der Waals surface area (Å²) in [6, 6.07) is 8.08. The van der Waals surface area contributed by atoms with Crippen molar-refractivity contribution in [1.82, 2.24) is 9.30 Å². The standard InChI is InChI=1S/C17H19N3O3/c1-12-8-19(11-16(23-12)17(21)22-2)9-13-10-20-6-4-3-5-15(20)14(13)7-18/h3-6,10,12,16H,8-9,11H2,1-2H3/t12-,16+/m1/s1. The molecule has 0 spiro atoms. The van der Waals surface area contributed by atoms with Gasteiger partial charge in [-0.05, 0) is 19.1 Å². The lowest BCUT2D eigenvalue weighted by molar-refractivity contribution is -0.166. The quantitative estimate of drug-likeness (QED) is 0.805. The van der Waals surface area contributed by atoms with Gasteiger partial charge in [-0.15, -0.1) is 0 Å². The van der Waals surface area contributed by atoms with E-state index < -0.39 is 6.10 Å². The predicted octanol–water partition coefficient (Wildman–Crippen LogP) is 1.57. The monoisotopic (exact) mass is 313 g/mol. The molecule has 3 rings (SSSR count). The fourth-order valence-corrected chi connectivity index (χ4v) is 3.10. The molecule has 0 saturated carbocycles. The first-order chi connectivity index (χ1) is 11.1. The highest BCUT2D eigenvalue weighted by Gasteiger charge is 2.31. The Balaban J connectivity index is 1.84. The smallest absolute Gasteiger partial charge is 0.336 e. The van der Waals surface area contributed by atoms with Crippen LogP contribution in [0, 0.1) is 11.3 Å². The van der Waals surface area contributed by atoms with Gasteiger partial charge in [0.1, 0.15) is 6.07 Å². The number of rotatable bonds is 3. The molecule has 0 N–H and O–H groups in total. The molecule has 6 heteroatoms. The minimum atomic E-state index is -0.577. The number of nitriles is 1. The van der Waals surface area contributed by atoms with Crippen LogP contribution in [0.2, 0.25) is 0 Å². The van der Waals surface area contributed by atoms with E-state index in [1.54, 1.807) is 0 Å². The molecule has 1 aliphatic rings. The van der Waals surface area contributed by atoms with Gasteiger partial charge in [-0.2, -0.15) is 5.26 Å². The van der Waals surface area contributed by atoms with Crippen LogP contribution in [0.4, 0.5) is 0 Å². The number of carbonyl (C=O) groups excluding carboxylic acids is 1. The van der Waals surface area contributed by atoms with Gasteiger partial charge in [0, 0.05) is 37.6 Å². The lowest BCUT2D eigenvalue weighted by Gasteiger charge is -2.35. The van der Waals surface area contributed by atoms with Crippen LogP contribution < -0.4 is 0 Å². The Morgan fingerprint density at radius 2 is 2.30 bits per heavy atom. The van der Waals surface area contributed by atoms with E-state index in [1.165, 1.54) is 7.11 Å². The van der Waals surface area contributed by atoms with Gasteiger partial charge in [0.15, 0.2) is 6.10 Å². The van der Waals surface area contributed by atoms with Crippen LogP contribution in [0.5, 0.6) is 0 Å². The van der Waals surface area contributed by atoms with Gasteiger partial charge in [-0.1, -0.05) is 6.07 Å². The summed E-state index contributed by atoms with van der Waals surface area (Å²) in [6.07, 6.45) is 3.27. The van der Waals surface area contributed by atoms with E-state index in [2.05, 4.69) is 11.0 Å².